The third kappa shape index (κ3) is 2.84. The number of phenols is 1. The van der Waals surface area contributed by atoms with Gasteiger partial charge in [-0.05, 0) is 47.5 Å². The molecule has 1 aromatic heterocycles. The lowest BCUT2D eigenvalue weighted by atomic mass is 10.2. The molecule has 0 aliphatic heterocycles. The Bertz CT molecular complexity index is 576. The zero-order valence-corrected chi connectivity index (χ0v) is 12.6. The summed E-state index contributed by atoms with van der Waals surface area (Å²) < 4.78 is 5.74. The summed E-state index contributed by atoms with van der Waals surface area (Å²) in [6.07, 6.45) is 0. The van der Waals surface area contributed by atoms with Gasteiger partial charge in [0.1, 0.15) is 0 Å². The second kappa shape index (κ2) is 5.52. The van der Waals surface area contributed by atoms with Crippen LogP contribution in [0.4, 0.5) is 5.69 Å². The molecular weight excluding hydrogens is 310 g/mol. The first kappa shape index (κ1) is 13.7. The number of halogens is 1. The zero-order valence-electron chi connectivity index (χ0n) is 11.0. The van der Waals surface area contributed by atoms with E-state index in [1.54, 1.807) is 6.07 Å². The number of phenolic OH excluding ortho intramolecular Hbond substituents is 1. The summed E-state index contributed by atoms with van der Waals surface area (Å²) in [4.78, 5) is 0. The normalized spacial score (nSPS) is 10.5. The van der Waals surface area contributed by atoms with Crippen molar-refractivity contribution in [1.29, 1.82) is 0 Å². The molecule has 0 unspecified atom stereocenters. The van der Waals surface area contributed by atoms with E-state index in [4.69, 9.17) is 4.74 Å². The van der Waals surface area contributed by atoms with Crippen LogP contribution < -0.4 is 10.1 Å². The van der Waals surface area contributed by atoms with Gasteiger partial charge in [-0.25, -0.2) is 0 Å². The summed E-state index contributed by atoms with van der Waals surface area (Å²) in [7, 11) is 1.53. The highest BCUT2D eigenvalue weighted by Crippen LogP contribution is 2.35. The van der Waals surface area contributed by atoms with Gasteiger partial charge in [-0.2, -0.15) is 5.10 Å². The number of hydrogen-bond donors (Lipinski definition) is 3. The molecule has 2 rings (SSSR count). The summed E-state index contributed by atoms with van der Waals surface area (Å²) in [6, 6.07) is 3.66. The Labute approximate surface area is 120 Å². The van der Waals surface area contributed by atoms with Gasteiger partial charge in [0.05, 0.1) is 28.7 Å². The van der Waals surface area contributed by atoms with Gasteiger partial charge in [0.2, 0.25) is 0 Å². The van der Waals surface area contributed by atoms with Gasteiger partial charge in [0.15, 0.2) is 11.5 Å². The molecule has 1 aromatic carbocycles. The third-order valence-electron chi connectivity index (χ3n) is 2.91. The fourth-order valence-electron chi connectivity index (χ4n) is 1.89. The third-order valence-corrected chi connectivity index (χ3v) is 3.51. The molecule has 0 spiro atoms. The first-order valence-electron chi connectivity index (χ1n) is 5.83. The average Bonchev–Trinajstić information content (AvgIpc) is 2.70. The molecule has 0 amide bonds. The van der Waals surface area contributed by atoms with Crippen molar-refractivity contribution in [2.24, 2.45) is 0 Å². The van der Waals surface area contributed by atoms with Crippen molar-refractivity contribution in [2.45, 2.75) is 20.4 Å². The lowest BCUT2D eigenvalue weighted by Gasteiger charge is -2.10. The van der Waals surface area contributed by atoms with Crippen molar-refractivity contribution in [3.8, 4) is 11.5 Å². The quantitative estimate of drug-likeness (QED) is 0.807. The number of ether oxygens (including phenoxy) is 1. The largest absolute Gasteiger partial charge is 0.503 e. The molecule has 0 fully saturated rings. The highest BCUT2D eigenvalue weighted by atomic mass is 79.9. The molecule has 0 saturated heterocycles. The molecule has 0 saturated carbocycles. The molecule has 6 heteroatoms. The van der Waals surface area contributed by atoms with Crippen molar-refractivity contribution in [2.75, 3.05) is 12.4 Å². The van der Waals surface area contributed by atoms with Crippen LogP contribution in [0.5, 0.6) is 11.5 Å². The summed E-state index contributed by atoms with van der Waals surface area (Å²) in [5, 5.41) is 20.1. The lowest BCUT2D eigenvalue weighted by molar-refractivity contribution is 0.371. The van der Waals surface area contributed by atoms with Crippen molar-refractivity contribution < 1.29 is 9.84 Å². The molecule has 0 atom stereocenters. The number of aromatic nitrogens is 2. The van der Waals surface area contributed by atoms with E-state index < -0.39 is 0 Å². The number of aryl methyl sites for hydroxylation is 2. The highest BCUT2D eigenvalue weighted by Gasteiger charge is 2.10. The standard InChI is InChI=1S/C13H16BrN3O2/c1-7-12(8(2)17-16-7)15-6-9-4-10(14)13(18)11(5-9)19-3/h4-5,15,18H,6H2,1-3H3,(H,16,17). The van der Waals surface area contributed by atoms with E-state index in [2.05, 4.69) is 31.4 Å². The summed E-state index contributed by atoms with van der Waals surface area (Å²) in [6.45, 7) is 4.53. The van der Waals surface area contributed by atoms with Crippen LogP contribution in [0.2, 0.25) is 0 Å². The van der Waals surface area contributed by atoms with Gasteiger partial charge in [0.25, 0.3) is 0 Å². The Morgan fingerprint density at radius 3 is 2.74 bits per heavy atom. The monoisotopic (exact) mass is 325 g/mol. The molecule has 0 bridgehead atoms. The zero-order chi connectivity index (χ0) is 14.0. The summed E-state index contributed by atoms with van der Waals surface area (Å²) >= 11 is 3.31. The average molecular weight is 326 g/mol. The van der Waals surface area contributed by atoms with Crippen molar-refractivity contribution in [3.05, 3.63) is 33.6 Å². The molecule has 2 aromatic rings. The van der Waals surface area contributed by atoms with E-state index in [0.29, 0.717) is 16.8 Å². The molecule has 102 valence electrons. The van der Waals surface area contributed by atoms with E-state index in [-0.39, 0.29) is 5.75 Å². The van der Waals surface area contributed by atoms with Crippen molar-refractivity contribution in [3.63, 3.8) is 0 Å². The Morgan fingerprint density at radius 1 is 1.42 bits per heavy atom. The molecule has 19 heavy (non-hydrogen) atoms. The fraction of sp³-hybridized carbons (Fsp3) is 0.308. The number of nitrogens with one attached hydrogen (secondary N) is 2. The fourth-order valence-corrected chi connectivity index (χ4v) is 2.38. The number of nitrogens with zero attached hydrogens (tertiary/aromatic N) is 1. The van der Waals surface area contributed by atoms with Crippen LogP contribution in [0.15, 0.2) is 16.6 Å². The Hall–Kier alpha value is -1.69. The molecule has 0 aliphatic rings. The van der Waals surface area contributed by atoms with Crippen molar-refractivity contribution in [1.82, 2.24) is 10.2 Å². The highest BCUT2D eigenvalue weighted by molar-refractivity contribution is 9.10. The van der Waals surface area contributed by atoms with Gasteiger partial charge < -0.3 is 15.2 Å². The van der Waals surface area contributed by atoms with Crippen LogP contribution in [-0.4, -0.2) is 22.4 Å². The van der Waals surface area contributed by atoms with Gasteiger partial charge >= 0.3 is 0 Å². The van der Waals surface area contributed by atoms with Crippen LogP contribution in [0.1, 0.15) is 17.0 Å². The molecule has 0 aliphatic carbocycles. The second-order valence-corrected chi connectivity index (χ2v) is 5.15. The van der Waals surface area contributed by atoms with Crippen LogP contribution in [-0.2, 0) is 6.54 Å². The number of aromatic amines is 1. The topological polar surface area (TPSA) is 70.2 Å². The van der Waals surface area contributed by atoms with Gasteiger partial charge in [-0.3, -0.25) is 5.10 Å². The first-order valence-corrected chi connectivity index (χ1v) is 6.63. The first-order chi connectivity index (χ1) is 9.02. The van der Waals surface area contributed by atoms with E-state index in [9.17, 15) is 5.11 Å². The molecule has 3 N–H and O–H groups in total. The number of aromatic hydroxyl groups is 1. The number of H-pyrrole nitrogens is 1. The lowest BCUT2D eigenvalue weighted by Crippen LogP contribution is -2.01. The van der Waals surface area contributed by atoms with Crippen LogP contribution >= 0.6 is 15.9 Å². The van der Waals surface area contributed by atoms with E-state index in [0.717, 1.165) is 22.6 Å². The minimum Gasteiger partial charge on any atom is -0.503 e. The Kier molecular flexibility index (Phi) is 3.99. The number of benzene rings is 1. The maximum absolute atomic E-state index is 9.76. The minimum atomic E-state index is 0.113. The SMILES string of the molecule is COc1cc(CNc2c(C)n[nH]c2C)cc(Br)c1O. The van der Waals surface area contributed by atoms with Crippen molar-refractivity contribution >= 4 is 21.6 Å². The minimum absolute atomic E-state index is 0.113. The van der Waals surface area contributed by atoms with Crippen LogP contribution in [0.3, 0.4) is 0 Å². The molecule has 1 heterocycles. The summed E-state index contributed by atoms with van der Waals surface area (Å²) in [5.41, 5.74) is 3.94. The van der Waals surface area contributed by atoms with Gasteiger partial charge in [0, 0.05) is 6.54 Å². The number of anilines is 1. The van der Waals surface area contributed by atoms with E-state index in [1.807, 2.05) is 19.9 Å². The maximum atomic E-state index is 9.76. The number of methoxy groups -OCH3 is 1. The van der Waals surface area contributed by atoms with Crippen LogP contribution in [0, 0.1) is 13.8 Å². The predicted molar refractivity (Wildman–Crippen MR) is 77.7 cm³/mol. The number of rotatable bonds is 4. The molecule has 5 nitrogen and oxygen atoms in total. The Morgan fingerprint density at radius 2 is 2.16 bits per heavy atom. The number of hydrogen-bond acceptors (Lipinski definition) is 4. The summed E-state index contributed by atoms with van der Waals surface area (Å²) in [5.74, 6) is 0.564. The maximum Gasteiger partial charge on any atom is 0.172 e. The molecular formula is C13H16BrN3O2. The smallest absolute Gasteiger partial charge is 0.172 e. The van der Waals surface area contributed by atoms with E-state index in [1.165, 1.54) is 7.11 Å². The van der Waals surface area contributed by atoms with Gasteiger partial charge in [-0.15, -0.1) is 0 Å². The molecule has 0 radical (unpaired) electrons. The van der Waals surface area contributed by atoms with Gasteiger partial charge in [-0.1, -0.05) is 0 Å². The van der Waals surface area contributed by atoms with E-state index >= 15 is 0 Å². The van der Waals surface area contributed by atoms with Crippen LogP contribution in [0.25, 0.3) is 0 Å². The predicted octanol–water partition coefficient (Wildman–Crippen LogP) is 3.12. The second-order valence-electron chi connectivity index (χ2n) is 4.29. The Balaban J connectivity index is 2.18.